The Balaban J connectivity index is 2.81. The fourth-order valence-electron chi connectivity index (χ4n) is 1.42. The van der Waals surface area contributed by atoms with Crippen molar-refractivity contribution < 1.29 is 5.11 Å². The first kappa shape index (κ1) is 13.0. The number of rotatable bonds is 2. The number of hydrogen-bond acceptors (Lipinski definition) is 2. The van der Waals surface area contributed by atoms with Crippen LogP contribution in [0.3, 0.4) is 0 Å². The normalized spacial score (nSPS) is 11.4. The van der Waals surface area contributed by atoms with Crippen molar-refractivity contribution in [3.8, 4) is 5.75 Å². The fourth-order valence-corrected chi connectivity index (χ4v) is 1.42. The van der Waals surface area contributed by atoms with Crippen LogP contribution in [0.25, 0.3) is 0 Å². The molecule has 0 fully saturated rings. The highest BCUT2D eigenvalue weighted by Crippen LogP contribution is 2.20. The van der Waals surface area contributed by atoms with Crippen LogP contribution < -0.4 is 5.73 Å². The van der Waals surface area contributed by atoms with Crippen molar-refractivity contribution in [1.82, 2.24) is 4.90 Å². The Morgan fingerprint density at radius 2 is 2.18 bits per heavy atom. The number of benzene rings is 1. The van der Waals surface area contributed by atoms with E-state index in [4.69, 9.17) is 11.1 Å². The molecule has 0 spiro atoms. The maximum atomic E-state index is 9.58. The van der Waals surface area contributed by atoms with Crippen LogP contribution in [0.4, 0.5) is 0 Å². The Morgan fingerprint density at radius 1 is 1.53 bits per heavy atom. The monoisotopic (exact) mass is 234 g/mol. The maximum absolute atomic E-state index is 9.58. The molecule has 0 atom stereocenters. The topological polar surface area (TPSA) is 85.7 Å². The summed E-state index contributed by atoms with van der Waals surface area (Å²) < 4.78 is 0. The lowest BCUT2D eigenvalue weighted by Crippen LogP contribution is -2.26. The number of nitrogens with two attached hydrogens (primary N) is 1. The van der Waals surface area contributed by atoms with Gasteiger partial charge in [0.1, 0.15) is 5.75 Å². The van der Waals surface area contributed by atoms with Crippen molar-refractivity contribution in [2.45, 2.75) is 20.4 Å². The molecule has 0 saturated heterocycles. The first-order valence-corrected chi connectivity index (χ1v) is 5.29. The molecule has 1 aromatic rings. The largest absolute Gasteiger partial charge is 0.508 e. The first-order chi connectivity index (χ1) is 7.91. The standard InChI is InChI=1S/C12H18N4O/c1-8-10(5-4-6-11(8)17)7-16(3)12(14)15-9(2)13/h4-6,17H,7H2,1-3H3,(H3,13,14,15). The highest BCUT2D eigenvalue weighted by Gasteiger charge is 2.08. The molecule has 0 aliphatic carbocycles. The van der Waals surface area contributed by atoms with E-state index in [0.717, 1.165) is 11.1 Å². The lowest BCUT2D eigenvalue weighted by molar-refractivity contribution is 0.461. The SMILES string of the molecule is CC(N)=NC(=N)N(C)Cc1cccc(O)c1C. The summed E-state index contributed by atoms with van der Waals surface area (Å²) in [6.07, 6.45) is 0. The second-order valence-corrected chi connectivity index (χ2v) is 3.99. The van der Waals surface area contributed by atoms with Gasteiger partial charge in [-0.05, 0) is 31.0 Å². The Hall–Kier alpha value is -2.04. The van der Waals surface area contributed by atoms with Crippen LogP contribution in [-0.4, -0.2) is 28.8 Å². The van der Waals surface area contributed by atoms with Crippen molar-refractivity contribution in [2.24, 2.45) is 10.7 Å². The molecule has 4 N–H and O–H groups in total. The highest BCUT2D eigenvalue weighted by molar-refractivity contribution is 5.92. The van der Waals surface area contributed by atoms with E-state index in [-0.39, 0.29) is 11.7 Å². The molecule has 1 aromatic carbocycles. The van der Waals surface area contributed by atoms with Gasteiger partial charge in [0.25, 0.3) is 0 Å². The van der Waals surface area contributed by atoms with Gasteiger partial charge in [-0.1, -0.05) is 12.1 Å². The number of amidine groups is 1. The first-order valence-electron chi connectivity index (χ1n) is 5.29. The smallest absolute Gasteiger partial charge is 0.219 e. The van der Waals surface area contributed by atoms with Gasteiger partial charge in [-0.25, -0.2) is 4.99 Å². The molecule has 0 heterocycles. The van der Waals surface area contributed by atoms with Gasteiger partial charge in [-0.3, -0.25) is 5.41 Å². The third-order valence-electron chi connectivity index (χ3n) is 2.47. The third-order valence-corrected chi connectivity index (χ3v) is 2.47. The van der Waals surface area contributed by atoms with Crippen molar-refractivity contribution in [3.05, 3.63) is 29.3 Å². The van der Waals surface area contributed by atoms with Gasteiger partial charge < -0.3 is 15.7 Å². The molecule has 0 amide bonds. The van der Waals surface area contributed by atoms with E-state index in [2.05, 4.69) is 4.99 Å². The quantitative estimate of drug-likeness (QED) is 0.534. The zero-order valence-corrected chi connectivity index (χ0v) is 10.4. The van der Waals surface area contributed by atoms with E-state index in [1.54, 1.807) is 31.0 Å². The summed E-state index contributed by atoms with van der Waals surface area (Å²) >= 11 is 0. The number of nitrogens with zero attached hydrogens (tertiary/aromatic N) is 2. The Kier molecular flexibility index (Phi) is 4.09. The molecule has 5 nitrogen and oxygen atoms in total. The molecule has 0 bridgehead atoms. The number of aliphatic imine (C=N–C) groups is 1. The summed E-state index contributed by atoms with van der Waals surface area (Å²) in [6, 6.07) is 5.34. The van der Waals surface area contributed by atoms with Crippen LogP contribution in [0, 0.1) is 12.3 Å². The predicted octanol–water partition coefficient (Wildman–Crippen LogP) is 1.44. The molecule has 0 aliphatic rings. The van der Waals surface area contributed by atoms with Crippen LogP contribution >= 0.6 is 0 Å². The number of nitrogens with one attached hydrogen (secondary N) is 1. The van der Waals surface area contributed by atoms with E-state index >= 15 is 0 Å². The lowest BCUT2D eigenvalue weighted by Gasteiger charge is -2.18. The number of aromatic hydroxyl groups is 1. The second kappa shape index (κ2) is 5.34. The fraction of sp³-hybridized carbons (Fsp3) is 0.333. The minimum atomic E-state index is 0.104. The van der Waals surface area contributed by atoms with Gasteiger partial charge in [0.05, 0.1) is 5.84 Å². The summed E-state index contributed by atoms with van der Waals surface area (Å²) in [7, 11) is 1.76. The zero-order valence-electron chi connectivity index (χ0n) is 10.4. The van der Waals surface area contributed by atoms with E-state index in [0.29, 0.717) is 12.4 Å². The Bertz CT molecular complexity index is 450. The molecule has 0 aromatic heterocycles. The average molecular weight is 234 g/mol. The maximum Gasteiger partial charge on any atom is 0.219 e. The number of hydrogen-bond donors (Lipinski definition) is 3. The number of phenols is 1. The summed E-state index contributed by atoms with van der Waals surface area (Å²) in [6.45, 7) is 4.00. The molecule has 17 heavy (non-hydrogen) atoms. The van der Waals surface area contributed by atoms with Gasteiger partial charge >= 0.3 is 0 Å². The molecule has 0 saturated carbocycles. The molecule has 0 unspecified atom stereocenters. The van der Waals surface area contributed by atoms with Crippen LogP contribution in [0.1, 0.15) is 18.1 Å². The van der Waals surface area contributed by atoms with Gasteiger partial charge in [0.2, 0.25) is 5.96 Å². The molecule has 5 heteroatoms. The van der Waals surface area contributed by atoms with E-state index in [1.807, 2.05) is 13.0 Å². The molecule has 92 valence electrons. The van der Waals surface area contributed by atoms with E-state index in [9.17, 15) is 5.11 Å². The third kappa shape index (κ3) is 3.48. The lowest BCUT2D eigenvalue weighted by atomic mass is 10.1. The molecule has 1 rings (SSSR count). The van der Waals surface area contributed by atoms with Crippen molar-refractivity contribution in [1.29, 1.82) is 5.41 Å². The van der Waals surface area contributed by atoms with Gasteiger partial charge in [0, 0.05) is 13.6 Å². The molecule has 0 radical (unpaired) electrons. The van der Waals surface area contributed by atoms with Crippen molar-refractivity contribution in [2.75, 3.05) is 7.05 Å². The van der Waals surface area contributed by atoms with Gasteiger partial charge in [-0.15, -0.1) is 0 Å². The van der Waals surface area contributed by atoms with E-state index < -0.39 is 0 Å². The van der Waals surface area contributed by atoms with Crippen LogP contribution in [-0.2, 0) is 6.54 Å². The second-order valence-electron chi connectivity index (χ2n) is 3.99. The summed E-state index contributed by atoms with van der Waals surface area (Å²) in [5.41, 5.74) is 7.20. The van der Waals surface area contributed by atoms with E-state index in [1.165, 1.54) is 0 Å². The van der Waals surface area contributed by atoms with Crippen molar-refractivity contribution >= 4 is 11.8 Å². The molecular formula is C12H18N4O. The predicted molar refractivity (Wildman–Crippen MR) is 69.3 cm³/mol. The Labute approximate surface area is 101 Å². The zero-order chi connectivity index (χ0) is 13.0. The molecular weight excluding hydrogens is 216 g/mol. The van der Waals surface area contributed by atoms with Crippen LogP contribution in [0.15, 0.2) is 23.2 Å². The minimum Gasteiger partial charge on any atom is -0.508 e. The van der Waals surface area contributed by atoms with Gasteiger partial charge in [-0.2, -0.15) is 0 Å². The summed E-state index contributed by atoms with van der Waals surface area (Å²) in [5, 5.41) is 17.3. The number of phenolic OH excluding ortho intramolecular Hbond substituents is 1. The van der Waals surface area contributed by atoms with Crippen LogP contribution in [0.2, 0.25) is 0 Å². The van der Waals surface area contributed by atoms with Crippen molar-refractivity contribution in [3.63, 3.8) is 0 Å². The van der Waals surface area contributed by atoms with Gasteiger partial charge in [0.15, 0.2) is 0 Å². The average Bonchev–Trinajstić information content (AvgIpc) is 2.23. The Morgan fingerprint density at radius 3 is 2.76 bits per heavy atom. The molecule has 0 aliphatic heterocycles. The number of guanidine groups is 1. The van der Waals surface area contributed by atoms with Crippen LogP contribution in [0.5, 0.6) is 5.75 Å². The highest BCUT2D eigenvalue weighted by atomic mass is 16.3. The summed E-state index contributed by atoms with van der Waals surface area (Å²) in [5.74, 6) is 0.725. The minimum absolute atomic E-state index is 0.104. The summed E-state index contributed by atoms with van der Waals surface area (Å²) in [4.78, 5) is 5.53.